The molecule has 1 unspecified atom stereocenters. The van der Waals surface area contributed by atoms with Crippen molar-refractivity contribution in [2.75, 3.05) is 5.32 Å². The van der Waals surface area contributed by atoms with E-state index in [0.717, 1.165) is 6.08 Å². The zero-order chi connectivity index (χ0) is 16.0. The molecule has 0 radical (unpaired) electrons. The van der Waals surface area contributed by atoms with Gasteiger partial charge < -0.3 is 26.0 Å². The van der Waals surface area contributed by atoms with Gasteiger partial charge in [-0.2, -0.15) is 0 Å². The van der Waals surface area contributed by atoms with Crippen molar-refractivity contribution in [2.45, 2.75) is 6.04 Å². The summed E-state index contributed by atoms with van der Waals surface area (Å²) in [7, 11) is 0. The maximum atomic E-state index is 11.8. The van der Waals surface area contributed by atoms with Crippen molar-refractivity contribution in [2.24, 2.45) is 5.73 Å². The highest BCUT2D eigenvalue weighted by Crippen LogP contribution is 2.39. The average Bonchev–Trinajstić information content (AvgIpc) is 2.45. The van der Waals surface area contributed by atoms with Gasteiger partial charge in [-0.3, -0.25) is 4.79 Å². The molecular weight excluding hydrogens is 292 g/mol. The molecule has 0 spiro atoms. The smallest absolute Gasteiger partial charge is 0.337 e. The Kier molecular flexibility index (Phi) is 2.96. The number of aliphatic carboxylic acids is 1. The van der Waals surface area contributed by atoms with Gasteiger partial charge in [0.2, 0.25) is 0 Å². The van der Waals surface area contributed by atoms with Crippen LogP contribution in [0.1, 0.15) is 10.4 Å². The molecule has 0 fully saturated rings. The molecule has 1 aromatic carbocycles. The predicted molar refractivity (Wildman–Crippen MR) is 73.4 cm³/mol. The molecule has 1 aliphatic carbocycles. The molecule has 0 aromatic heterocycles. The van der Waals surface area contributed by atoms with Crippen molar-refractivity contribution in [1.82, 2.24) is 0 Å². The number of fused-ring (bicyclic) bond motifs is 2. The lowest BCUT2D eigenvalue weighted by molar-refractivity contribution is -0.134. The first-order valence-electron chi connectivity index (χ1n) is 6.20. The van der Waals surface area contributed by atoms with E-state index >= 15 is 0 Å². The highest BCUT2D eigenvalue weighted by atomic mass is 16.5. The van der Waals surface area contributed by atoms with Crippen LogP contribution in [0.2, 0.25) is 0 Å². The number of benzene rings is 1. The minimum Gasteiger partial charge on any atom is -0.478 e. The van der Waals surface area contributed by atoms with Gasteiger partial charge in [0.05, 0.1) is 22.5 Å². The van der Waals surface area contributed by atoms with Crippen LogP contribution in [0.15, 0.2) is 41.3 Å². The number of ketones is 1. The van der Waals surface area contributed by atoms with Gasteiger partial charge in [-0.1, -0.05) is 6.07 Å². The number of carboxylic acids is 2. The van der Waals surface area contributed by atoms with E-state index in [2.05, 4.69) is 5.32 Å². The van der Waals surface area contributed by atoms with Gasteiger partial charge in [0.25, 0.3) is 0 Å². The number of hydrogen-bond acceptors (Lipinski definition) is 6. The van der Waals surface area contributed by atoms with Crippen LogP contribution in [0.5, 0.6) is 5.75 Å². The molecule has 1 atom stereocenters. The normalized spacial score (nSPS) is 19.4. The Morgan fingerprint density at radius 2 is 1.95 bits per heavy atom. The number of hydrogen-bond donors (Lipinski definition) is 4. The maximum Gasteiger partial charge on any atom is 0.337 e. The van der Waals surface area contributed by atoms with Crippen molar-refractivity contribution >= 4 is 23.4 Å². The summed E-state index contributed by atoms with van der Waals surface area (Å²) in [6.07, 6.45) is 1.09. The van der Waals surface area contributed by atoms with Gasteiger partial charge >= 0.3 is 11.9 Å². The fourth-order valence-corrected chi connectivity index (χ4v) is 2.34. The van der Waals surface area contributed by atoms with Crippen molar-refractivity contribution < 1.29 is 29.3 Å². The Bertz CT molecular complexity index is 793. The quantitative estimate of drug-likeness (QED) is 0.612. The predicted octanol–water partition coefficient (Wildman–Crippen LogP) is 0.322. The topological polar surface area (TPSA) is 139 Å². The SMILES string of the molecule is NC1C(=O)C=C2Oc3cccc(C(=O)O)c3NC2=C1C(=O)O. The molecule has 5 N–H and O–H groups in total. The van der Waals surface area contributed by atoms with Crippen LogP contribution in [0.3, 0.4) is 0 Å². The molecule has 8 nitrogen and oxygen atoms in total. The number of carbonyl (C=O) groups is 3. The zero-order valence-corrected chi connectivity index (χ0v) is 11.0. The third-order valence-electron chi connectivity index (χ3n) is 3.36. The molecule has 0 amide bonds. The number of para-hydroxylation sites is 1. The monoisotopic (exact) mass is 302 g/mol. The summed E-state index contributed by atoms with van der Waals surface area (Å²) < 4.78 is 5.46. The van der Waals surface area contributed by atoms with Crippen LogP contribution in [0, 0.1) is 0 Å². The van der Waals surface area contributed by atoms with Gasteiger partial charge in [-0.25, -0.2) is 9.59 Å². The second-order valence-corrected chi connectivity index (χ2v) is 4.69. The van der Waals surface area contributed by atoms with Crippen molar-refractivity contribution in [3.05, 3.63) is 46.9 Å². The lowest BCUT2D eigenvalue weighted by atomic mass is 9.93. The minimum absolute atomic E-state index is 0.000797. The van der Waals surface area contributed by atoms with Gasteiger partial charge in [-0.05, 0) is 12.1 Å². The summed E-state index contributed by atoms with van der Waals surface area (Å²) >= 11 is 0. The second-order valence-electron chi connectivity index (χ2n) is 4.69. The first-order chi connectivity index (χ1) is 10.4. The molecule has 1 aliphatic heterocycles. The molecule has 2 aliphatic rings. The van der Waals surface area contributed by atoms with Crippen LogP contribution >= 0.6 is 0 Å². The third kappa shape index (κ3) is 1.93. The van der Waals surface area contributed by atoms with Crippen LogP contribution in [0.25, 0.3) is 0 Å². The Morgan fingerprint density at radius 1 is 1.23 bits per heavy atom. The van der Waals surface area contributed by atoms with Gasteiger partial charge in [0.15, 0.2) is 17.3 Å². The molecule has 0 saturated heterocycles. The number of carboxylic acid groups (broad SMARTS) is 2. The fourth-order valence-electron chi connectivity index (χ4n) is 2.34. The van der Waals surface area contributed by atoms with Gasteiger partial charge in [0.1, 0.15) is 6.04 Å². The van der Waals surface area contributed by atoms with E-state index < -0.39 is 23.8 Å². The van der Waals surface area contributed by atoms with E-state index in [1.165, 1.54) is 18.2 Å². The summed E-state index contributed by atoms with van der Waals surface area (Å²) in [4.78, 5) is 34.4. The zero-order valence-electron chi connectivity index (χ0n) is 11.0. The number of nitrogens with two attached hydrogens (primary N) is 1. The highest BCUT2D eigenvalue weighted by molar-refractivity contribution is 6.09. The molecule has 1 aromatic rings. The summed E-state index contributed by atoms with van der Waals surface area (Å²) in [5.74, 6) is -3.00. The third-order valence-corrected chi connectivity index (χ3v) is 3.36. The first-order valence-corrected chi connectivity index (χ1v) is 6.20. The molecule has 8 heteroatoms. The standard InChI is InChI=1S/C14H10N2O6/c15-10-6(17)4-8-12(9(10)14(20)21)16-11-5(13(18)19)2-1-3-7(11)22-8/h1-4,10,16H,15H2,(H,18,19)(H,20,21). The molecule has 0 saturated carbocycles. The largest absolute Gasteiger partial charge is 0.478 e. The maximum absolute atomic E-state index is 11.8. The number of ether oxygens (including phenoxy) is 1. The molecular formula is C14H10N2O6. The summed E-state index contributed by atoms with van der Waals surface area (Å²) in [5, 5.41) is 21.2. The van der Waals surface area contributed by atoms with Gasteiger partial charge in [-0.15, -0.1) is 0 Å². The van der Waals surface area contributed by atoms with E-state index in [0.29, 0.717) is 0 Å². The number of carbonyl (C=O) groups excluding carboxylic acids is 1. The van der Waals surface area contributed by atoms with Gasteiger partial charge in [0, 0.05) is 6.08 Å². The van der Waals surface area contributed by atoms with Crippen LogP contribution in [-0.2, 0) is 9.59 Å². The number of rotatable bonds is 2. The van der Waals surface area contributed by atoms with E-state index in [1.54, 1.807) is 0 Å². The molecule has 112 valence electrons. The second kappa shape index (κ2) is 4.71. The summed E-state index contributed by atoms with van der Waals surface area (Å²) in [5.41, 5.74) is 5.25. The number of aromatic carboxylic acids is 1. The highest BCUT2D eigenvalue weighted by Gasteiger charge is 2.37. The van der Waals surface area contributed by atoms with E-state index in [1.807, 2.05) is 0 Å². The molecule has 3 rings (SSSR count). The summed E-state index contributed by atoms with van der Waals surface area (Å²) in [6.45, 7) is 0. The lowest BCUT2D eigenvalue weighted by Crippen LogP contribution is -2.41. The van der Waals surface area contributed by atoms with Crippen LogP contribution in [-0.4, -0.2) is 34.0 Å². The Balaban J connectivity index is 2.22. The van der Waals surface area contributed by atoms with E-state index in [-0.39, 0.29) is 34.0 Å². The molecule has 22 heavy (non-hydrogen) atoms. The van der Waals surface area contributed by atoms with Crippen LogP contribution in [0.4, 0.5) is 5.69 Å². The Hall–Kier alpha value is -3.13. The fraction of sp³-hybridized carbons (Fsp3) is 0.0714. The summed E-state index contributed by atoms with van der Waals surface area (Å²) in [6, 6.07) is 2.99. The van der Waals surface area contributed by atoms with Crippen molar-refractivity contribution in [1.29, 1.82) is 0 Å². The Morgan fingerprint density at radius 3 is 2.59 bits per heavy atom. The van der Waals surface area contributed by atoms with Crippen molar-refractivity contribution in [3.8, 4) is 5.75 Å². The van der Waals surface area contributed by atoms with Crippen molar-refractivity contribution in [3.63, 3.8) is 0 Å². The van der Waals surface area contributed by atoms with E-state index in [9.17, 15) is 24.6 Å². The average molecular weight is 302 g/mol. The first kappa shape index (κ1) is 13.8. The Labute approximate surface area is 123 Å². The lowest BCUT2D eigenvalue weighted by Gasteiger charge is -2.30. The number of anilines is 1. The molecule has 0 bridgehead atoms. The minimum atomic E-state index is -1.38. The molecule has 1 heterocycles. The van der Waals surface area contributed by atoms with Crippen LogP contribution < -0.4 is 15.8 Å². The number of nitrogens with one attached hydrogen (secondary N) is 1. The van der Waals surface area contributed by atoms with E-state index in [4.69, 9.17) is 10.5 Å².